The van der Waals surface area contributed by atoms with Crippen molar-refractivity contribution in [2.24, 2.45) is 0 Å². The van der Waals surface area contributed by atoms with E-state index in [1.54, 1.807) is 30.5 Å². The van der Waals surface area contributed by atoms with Crippen LogP contribution in [0.3, 0.4) is 0 Å². The molecule has 3 rings (SSSR count). The van der Waals surface area contributed by atoms with Gasteiger partial charge in [0, 0.05) is 29.0 Å². The minimum absolute atomic E-state index is 0.0481. The molecule has 0 aliphatic rings. The summed E-state index contributed by atoms with van der Waals surface area (Å²) < 4.78 is 37.4. The zero-order valence-electron chi connectivity index (χ0n) is 12.0. The lowest BCUT2D eigenvalue weighted by atomic mass is 10.2. The van der Waals surface area contributed by atoms with E-state index in [0.717, 1.165) is 28.9 Å². The number of hydrogen-bond donors (Lipinski definition) is 1. The molecule has 2 heterocycles. The fraction of sp³-hybridized carbons (Fsp3) is 0.0625. The lowest BCUT2D eigenvalue weighted by Crippen LogP contribution is -2.14. The maximum absolute atomic E-state index is 12.5. The molecule has 122 valence electrons. The number of amides is 1. The van der Waals surface area contributed by atoms with Crippen molar-refractivity contribution in [1.82, 2.24) is 9.97 Å². The molecule has 0 fully saturated rings. The predicted molar refractivity (Wildman–Crippen MR) is 84.7 cm³/mol. The van der Waals surface area contributed by atoms with Gasteiger partial charge in [-0.3, -0.25) is 9.78 Å². The molecule has 0 saturated heterocycles. The number of carbonyl (C=O) groups excluding carboxylic acids is 1. The van der Waals surface area contributed by atoms with Gasteiger partial charge in [-0.1, -0.05) is 0 Å². The molecule has 8 heteroatoms. The van der Waals surface area contributed by atoms with E-state index in [0.29, 0.717) is 5.69 Å². The van der Waals surface area contributed by atoms with Crippen LogP contribution >= 0.6 is 11.3 Å². The van der Waals surface area contributed by atoms with Gasteiger partial charge in [0.05, 0.1) is 5.56 Å². The minimum Gasteiger partial charge on any atom is -0.322 e. The molecule has 3 aromatic rings. The highest BCUT2D eigenvalue weighted by atomic mass is 32.1. The fourth-order valence-electron chi connectivity index (χ4n) is 1.96. The zero-order valence-corrected chi connectivity index (χ0v) is 12.9. The maximum atomic E-state index is 12.5. The number of anilines is 1. The van der Waals surface area contributed by atoms with Crippen molar-refractivity contribution in [2.45, 2.75) is 6.18 Å². The summed E-state index contributed by atoms with van der Waals surface area (Å²) in [5, 5.41) is 5.34. The molecular weight excluding hydrogens is 339 g/mol. The van der Waals surface area contributed by atoms with Crippen LogP contribution in [0, 0.1) is 0 Å². The van der Waals surface area contributed by atoms with Crippen LogP contribution in [-0.2, 0) is 6.18 Å². The Kier molecular flexibility index (Phi) is 4.30. The Bertz CT molecular complexity index is 829. The second-order valence-corrected chi connectivity index (χ2v) is 5.69. The molecule has 1 aromatic carbocycles. The number of alkyl halides is 3. The second kappa shape index (κ2) is 6.40. The van der Waals surface area contributed by atoms with E-state index < -0.39 is 17.8 Å². The van der Waals surface area contributed by atoms with E-state index in [2.05, 4.69) is 15.3 Å². The summed E-state index contributed by atoms with van der Waals surface area (Å²) >= 11 is 1.50. The number of benzene rings is 1. The SMILES string of the molecule is O=C(Nc1ccc(-c2nccs2)cc1)c1ccc(C(F)(F)F)nc1. The van der Waals surface area contributed by atoms with Crippen molar-refractivity contribution < 1.29 is 18.0 Å². The van der Waals surface area contributed by atoms with Gasteiger partial charge in [-0.15, -0.1) is 11.3 Å². The van der Waals surface area contributed by atoms with Crippen LogP contribution in [-0.4, -0.2) is 15.9 Å². The standard InChI is InChI=1S/C16H10F3N3OS/c17-16(18,19)13-6-3-11(9-21-13)14(23)22-12-4-1-10(2-5-12)15-20-7-8-24-15/h1-9H,(H,22,23). The summed E-state index contributed by atoms with van der Waals surface area (Å²) in [6, 6.07) is 8.88. The average Bonchev–Trinajstić information content (AvgIpc) is 3.09. The van der Waals surface area contributed by atoms with Gasteiger partial charge in [0.25, 0.3) is 5.91 Å². The number of pyridine rings is 1. The lowest BCUT2D eigenvalue weighted by Gasteiger charge is -2.08. The van der Waals surface area contributed by atoms with Crippen molar-refractivity contribution in [3.8, 4) is 10.6 Å². The topological polar surface area (TPSA) is 54.9 Å². The molecule has 0 bridgehead atoms. The van der Waals surface area contributed by atoms with Crippen molar-refractivity contribution in [3.63, 3.8) is 0 Å². The summed E-state index contributed by atoms with van der Waals surface area (Å²) in [7, 11) is 0. The molecule has 0 spiro atoms. The number of hydrogen-bond acceptors (Lipinski definition) is 4. The van der Waals surface area contributed by atoms with Gasteiger partial charge in [0.2, 0.25) is 0 Å². The minimum atomic E-state index is -4.53. The van der Waals surface area contributed by atoms with E-state index in [9.17, 15) is 18.0 Å². The Hall–Kier alpha value is -2.74. The monoisotopic (exact) mass is 349 g/mol. The molecule has 1 amide bonds. The molecule has 0 radical (unpaired) electrons. The van der Waals surface area contributed by atoms with Crippen molar-refractivity contribution in [2.75, 3.05) is 5.32 Å². The fourth-order valence-corrected chi connectivity index (χ4v) is 2.61. The van der Waals surface area contributed by atoms with Gasteiger partial charge in [-0.2, -0.15) is 13.2 Å². The van der Waals surface area contributed by atoms with Crippen molar-refractivity contribution >= 4 is 22.9 Å². The van der Waals surface area contributed by atoms with E-state index in [-0.39, 0.29) is 5.56 Å². The highest BCUT2D eigenvalue weighted by Gasteiger charge is 2.32. The molecule has 4 nitrogen and oxygen atoms in total. The molecule has 0 aliphatic carbocycles. The molecular formula is C16H10F3N3OS. The van der Waals surface area contributed by atoms with E-state index in [1.165, 1.54) is 11.3 Å². The van der Waals surface area contributed by atoms with Crippen molar-refractivity contribution in [1.29, 1.82) is 0 Å². The summed E-state index contributed by atoms with van der Waals surface area (Å²) in [5.41, 5.74) is 0.457. The Morgan fingerprint density at radius 3 is 2.33 bits per heavy atom. The van der Waals surface area contributed by atoms with Crippen LogP contribution in [0.15, 0.2) is 54.2 Å². The van der Waals surface area contributed by atoms with Crippen molar-refractivity contribution in [3.05, 3.63) is 65.4 Å². The number of carbonyl (C=O) groups is 1. The predicted octanol–water partition coefficient (Wildman–Crippen LogP) is 4.48. The normalized spacial score (nSPS) is 11.3. The third-order valence-corrected chi connectivity index (χ3v) is 3.96. The van der Waals surface area contributed by atoms with E-state index in [4.69, 9.17) is 0 Å². The van der Waals surface area contributed by atoms with Gasteiger partial charge in [-0.25, -0.2) is 4.98 Å². The number of nitrogens with zero attached hydrogens (tertiary/aromatic N) is 2. The van der Waals surface area contributed by atoms with Crippen LogP contribution in [0.2, 0.25) is 0 Å². The highest BCUT2D eigenvalue weighted by Crippen LogP contribution is 2.27. The van der Waals surface area contributed by atoms with Crippen LogP contribution in [0.4, 0.5) is 18.9 Å². The zero-order chi connectivity index (χ0) is 17.2. The lowest BCUT2D eigenvalue weighted by molar-refractivity contribution is -0.141. The largest absolute Gasteiger partial charge is 0.433 e. The summed E-state index contributed by atoms with van der Waals surface area (Å²) in [4.78, 5) is 19.5. The Morgan fingerprint density at radius 2 is 1.79 bits per heavy atom. The highest BCUT2D eigenvalue weighted by molar-refractivity contribution is 7.13. The van der Waals surface area contributed by atoms with Crippen LogP contribution in [0.25, 0.3) is 10.6 Å². The van der Waals surface area contributed by atoms with Gasteiger partial charge >= 0.3 is 6.18 Å². The smallest absolute Gasteiger partial charge is 0.322 e. The number of aromatic nitrogens is 2. The number of nitrogens with one attached hydrogen (secondary N) is 1. The first-order valence-corrected chi connectivity index (χ1v) is 7.66. The van der Waals surface area contributed by atoms with E-state index >= 15 is 0 Å². The third kappa shape index (κ3) is 3.60. The van der Waals surface area contributed by atoms with E-state index in [1.807, 2.05) is 5.38 Å². The van der Waals surface area contributed by atoms with Crippen LogP contribution < -0.4 is 5.32 Å². The molecule has 0 saturated carbocycles. The summed E-state index contributed by atoms with van der Waals surface area (Å²) in [5.74, 6) is -0.529. The average molecular weight is 349 g/mol. The van der Waals surface area contributed by atoms with Gasteiger partial charge in [0.1, 0.15) is 10.7 Å². The molecule has 0 atom stereocenters. The number of rotatable bonds is 3. The van der Waals surface area contributed by atoms with Crippen LogP contribution in [0.1, 0.15) is 16.1 Å². The number of halogens is 3. The quantitative estimate of drug-likeness (QED) is 0.759. The molecule has 2 aromatic heterocycles. The second-order valence-electron chi connectivity index (χ2n) is 4.80. The molecule has 0 aliphatic heterocycles. The first-order valence-electron chi connectivity index (χ1n) is 6.78. The third-order valence-electron chi connectivity index (χ3n) is 3.14. The summed E-state index contributed by atoms with van der Waals surface area (Å²) in [6.45, 7) is 0. The van der Waals surface area contributed by atoms with Crippen LogP contribution in [0.5, 0.6) is 0 Å². The van der Waals surface area contributed by atoms with Gasteiger partial charge in [-0.05, 0) is 36.4 Å². The van der Waals surface area contributed by atoms with Gasteiger partial charge < -0.3 is 5.32 Å². The van der Waals surface area contributed by atoms with Gasteiger partial charge in [0.15, 0.2) is 0 Å². The maximum Gasteiger partial charge on any atom is 0.433 e. The first kappa shape index (κ1) is 16.1. The first-order chi connectivity index (χ1) is 11.4. The Balaban J connectivity index is 1.70. The Labute approximate surface area is 139 Å². The Morgan fingerprint density at radius 1 is 1.04 bits per heavy atom. The molecule has 0 unspecified atom stereocenters. The molecule has 24 heavy (non-hydrogen) atoms. The molecule has 1 N–H and O–H groups in total. The summed E-state index contributed by atoms with van der Waals surface area (Å²) in [6.07, 6.45) is -1.92. The number of thiazole rings is 1.